The fraction of sp³-hybridized carbons (Fsp3) is 0.682. The van der Waals surface area contributed by atoms with Crippen LogP contribution >= 0.6 is 0 Å². The highest BCUT2D eigenvalue weighted by Gasteiger charge is 2.46. The van der Waals surface area contributed by atoms with Crippen LogP contribution in [-0.2, 0) is 11.3 Å². The van der Waals surface area contributed by atoms with E-state index in [1.807, 2.05) is 18.2 Å². The van der Waals surface area contributed by atoms with Gasteiger partial charge in [-0.3, -0.25) is 0 Å². The average Bonchev–Trinajstić information content (AvgIpc) is 2.99. The van der Waals surface area contributed by atoms with Crippen molar-refractivity contribution in [3.8, 4) is 0 Å². The molecule has 3 rings (SSSR count). The van der Waals surface area contributed by atoms with Crippen LogP contribution in [0.3, 0.4) is 0 Å². The highest BCUT2D eigenvalue weighted by molar-refractivity contribution is 5.75. The maximum atomic E-state index is 12.8. The van der Waals surface area contributed by atoms with E-state index in [4.69, 9.17) is 4.74 Å². The van der Waals surface area contributed by atoms with Crippen LogP contribution in [0.1, 0.15) is 57.9 Å². The van der Waals surface area contributed by atoms with Crippen LogP contribution in [0.5, 0.6) is 0 Å². The van der Waals surface area contributed by atoms with Gasteiger partial charge < -0.3 is 15.0 Å². The van der Waals surface area contributed by atoms with Crippen molar-refractivity contribution in [3.05, 3.63) is 35.9 Å². The van der Waals surface area contributed by atoms with E-state index < -0.39 is 0 Å². The average molecular weight is 359 g/mol. The molecule has 1 saturated heterocycles. The van der Waals surface area contributed by atoms with E-state index in [1.165, 1.54) is 37.7 Å². The number of hydrogen-bond acceptors (Lipinski definition) is 2. The summed E-state index contributed by atoms with van der Waals surface area (Å²) in [7, 11) is 0. The summed E-state index contributed by atoms with van der Waals surface area (Å²) >= 11 is 0. The Labute approximate surface area is 158 Å². The Kier molecular flexibility index (Phi) is 6.58. The number of benzene rings is 1. The summed E-state index contributed by atoms with van der Waals surface area (Å²) in [4.78, 5) is 14.8. The Morgan fingerprint density at radius 1 is 1.23 bits per heavy atom. The number of amides is 2. The largest absolute Gasteiger partial charge is 0.375 e. The van der Waals surface area contributed by atoms with Crippen molar-refractivity contribution < 1.29 is 9.53 Å². The molecule has 1 spiro atoms. The van der Waals surface area contributed by atoms with Gasteiger partial charge in [0.2, 0.25) is 0 Å². The van der Waals surface area contributed by atoms with Crippen LogP contribution < -0.4 is 5.32 Å². The quantitative estimate of drug-likeness (QED) is 0.808. The third-order valence-electron chi connectivity index (χ3n) is 5.87. The molecular formula is C22H34N2O2. The van der Waals surface area contributed by atoms with Crippen LogP contribution in [0, 0.1) is 11.3 Å². The van der Waals surface area contributed by atoms with Gasteiger partial charge in [0, 0.05) is 13.1 Å². The number of likely N-dealkylation sites (tertiary alicyclic amines) is 1. The molecule has 1 N–H and O–H groups in total. The second kappa shape index (κ2) is 8.90. The van der Waals surface area contributed by atoms with Crippen molar-refractivity contribution >= 4 is 6.03 Å². The summed E-state index contributed by atoms with van der Waals surface area (Å²) < 4.78 is 6.02. The molecule has 1 atom stereocenters. The van der Waals surface area contributed by atoms with Crippen molar-refractivity contribution in [3.63, 3.8) is 0 Å². The van der Waals surface area contributed by atoms with Crippen LogP contribution in [0.4, 0.5) is 4.79 Å². The molecule has 1 aliphatic carbocycles. The summed E-state index contributed by atoms with van der Waals surface area (Å²) in [5.74, 6) is 0.470. The van der Waals surface area contributed by atoms with Crippen molar-refractivity contribution in [2.45, 2.75) is 65.0 Å². The predicted molar refractivity (Wildman–Crippen MR) is 105 cm³/mol. The topological polar surface area (TPSA) is 41.6 Å². The van der Waals surface area contributed by atoms with Gasteiger partial charge in [0.05, 0.1) is 19.3 Å². The van der Waals surface area contributed by atoms with Gasteiger partial charge in [0.1, 0.15) is 0 Å². The molecule has 1 saturated carbocycles. The monoisotopic (exact) mass is 358 g/mol. The van der Waals surface area contributed by atoms with Crippen molar-refractivity contribution in [2.75, 3.05) is 19.7 Å². The molecule has 4 nitrogen and oxygen atoms in total. The van der Waals surface area contributed by atoms with E-state index in [9.17, 15) is 4.79 Å². The maximum absolute atomic E-state index is 12.8. The fourth-order valence-electron chi connectivity index (χ4n) is 4.50. The van der Waals surface area contributed by atoms with Gasteiger partial charge in [-0.15, -0.1) is 0 Å². The van der Waals surface area contributed by atoms with Gasteiger partial charge in [-0.05, 0) is 36.2 Å². The van der Waals surface area contributed by atoms with E-state index in [1.54, 1.807) is 0 Å². The second-order valence-corrected chi connectivity index (χ2v) is 8.63. The number of nitrogens with one attached hydrogen (secondary N) is 1. The molecule has 26 heavy (non-hydrogen) atoms. The Hall–Kier alpha value is -1.55. The molecule has 2 aliphatic rings. The molecule has 1 aromatic carbocycles. The summed E-state index contributed by atoms with van der Waals surface area (Å²) in [5.41, 5.74) is 1.52. The SMILES string of the molecule is CC(C)CNC(=O)N1CC2(CCCCC2)C[C@@H]1COCc1ccccc1. The van der Waals surface area contributed by atoms with Crippen LogP contribution in [0.2, 0.25) is 0 Å². The van der Waals surface area contributed by atoms with Crippen molar-refractivity contribution in [2.24, 2.45) is 11.3 Å². The van der Waals surface area contributed by atoms with E-state index in [-0.39, 0.29) is 12.1 Å². The first-order valence-electron chi connectivity index (χ1n) is 10.2. The number of rotatable bonds is 6. The van der Waals surface area contributed by atoms with Gasteiger partial charge in [-0.1, -0.05) is 63.4 Å². The van der Waals surface area contributed by atoms with E-state index in [0.717, 1.165) is 19.5 Å². The molecule has 1 heterocycles. The molecular weight excluding hydrogens is 324 g/mol. The van der Waals surface area contributed by atoms with Crippen LogP contribution in [0.25, 0.3) is 0 Å². The summed E-state index contributed by atoms with van der Waals surface area (Å²) in [6.45, 7) is 7.15. The minimum atomic E-state index is 0.0921. The molecule has 0 unspecified atom stereocenters. The van der Waals surface area contributed by atoms with Gasteiger partial charge in [0.25, 0.3) is 0 Å². The smallest absolute Gasteiger partial charge is 0.317 e. The lowest BCUT2D eigenvalue weighted by molar-refractivity contribution is 0.0749. The van der Waals surface area contributed by atoms with E-state index in [0.29, 0.717) is 24.5 Å². The van der Waals surface area contributed by atoms with Gasteiger partial charge in [0.15, 0.2) is 0 Å². The van der Waals surface area contributed by atoms with E-state index in [2.05, 4.69) is 36.2 Å². The first kappa shape index (κ1) is 19.2. The predicted octanol–water partition coefficient (Wildman–Crippen LogP) is 4.59. The summed E-state index contributed by atoms with van der Waals surface area (Å²) in [5, 5.41) is 3.12. The first-order valence-corrected chi connectivity index (χ1v) is 10.2. The summed E-state index contributed by atoms with van der Waals surface area (Å²) in [6.07, 6.45) is 7.57. The minimum Gasteiger partial charge on any atom is -0.375 e. The van der Waals surface area contributed by atoms with Gasteiger partial charge >= 0.3 is 6.03 Å². The zero-order valence-corrected chi connectivity index (χ0v) is 16.4. The Balaban J connectivity index is 1.60. The molecule has 0 radical (unpaired) electrons. The number of nitrogens with zero attached hydrogens (tertiary/aromatic N) is 1. The van der Waals surface area contributed by atoms with E-state index >= 15 is 0 Å². The molecule has 0 aromatic heterocycles. The fourth-order valence-corrected chi connectivity index (χ4v) is 4.50. The maximum Gasteiger partial charge on any atom is 0.317 e. The normalized spacial score (nSPS) is 22.1. The molecule has 2 amide bonds. The number of ether oxygens (including phenoxy) is 1. The van der Waals surface area contributed by atoms with Gasteiger partial charge in [-0.2, -0.15) is 0 Å². The molecule has 1 aliphatic heterocycles. The first-order chi connectivity index (χ1) is 12.6. The van der Waals surface area contributed by atoms with Crippen molar-refractivity contribution in [1.82, 2.24) is 10.2 Å². The standard InChI is InChI=1S/C22H34N2O2/c1-18(2)14-23-21(25)24-17-22(11-7-4-8-12-22)13-20(24)16-26-15-19-9-5-3-6-10-19/h3,5-6,9-10,18,20H,4,7-8,11-17H2,1-2H3,(H,23,25)/t20-/m1/s1. The lowest BCUT2D eigenvalue weighted by Crippen LogP contribution is -2.46. The minimum absolute atomic E-state index is 0.0921. The zero-order chi connectivity index (χ0) is 18.4. The molecule has 0 bridgehead atoms. The van der Waals surface area contributed by atoms with Gasteiger partial charge in [-0.25, -0.2) is 4.79 Å². The highest BCUT2D eigenvalue weighted by Crippen LogP contribution is 2.46. The highest BCUT2D eigenvalue weighted by atomic mass is 16.5. The number of urea groups is 1. The molecule has 1 aromatic rings. The summed E-state index contributed by atoms with van der Waals surface area (Å²) in [6, 6.07) is 10.6. The Bertz CT molecular complexity index is 567. The lowest BCUT2D eigenvalue weighted by atomic mass is 9.73. The zero-order valence-electron chi connectivity index (χ0n) is 16.4. The molecule has 144 valence electrons. The molecule has 4 heteroatoms. The van der Waals surface area contributed by atoms with Crippen LogP contribution in [0.15, 0.2) is 30.3 Å². The second-order valence-electron chi connectivity index (χ2n) is 8.63. The number of carbonyl (C=O) groups excluding carboxylic acids is 1. The third kappa shape index (κ3) is 5.00. The Morgan fingerprint density at radius 2 is 1.96 bits per heavy atom. The number of hydrogen-bond donors (Lipinski definition) is 1. The lowest BCUT2D eigenvalue weighted by Gasteiger charge is -2.33. The van der Waals surface area contributed by atoms with Crippen molar-refractivity contribution in [1.29, 1.82) is 0 Å². The molecule has 2 fully saturated rings. The Morgan fingerprint density at radius 3 is 2.65 bits per heavy atom. The third-order valence-corrected chi connectivity index (χ3v) is 5.87. The number of carbonyl (C=O) groups is 1. The van der Waals surface area contributed by atoms with Crippen LogP contribution in [-0.4, -0.2) is 36.7 Å².